The molecule has 1 amide bonds. The van der Waals surface area contributed by atoms with Crippen LogP contribution in [0.5, 0.6) is 11.5 Å². The van der Waals surface area contributed by atoms with Crippen LogP contribution in [0.4, 0.5) is 4.79 Å². The van der Waals surface area contributed by atoms with Crippen molar-refractivity contribution in [3.63, 3.8) is 0 Å². The van der Waals surface area contributed by atoms with Crippen LogP contribution in [0.2, 0.25) is 0 Å². The van der Waals surface area contributed by atoms with E-state index in [1.54, 1.807) is 45.9 Å². The zero-order valence-corrected chi connectivity index (χ0v) is 20.4. The van der Waals surface area contributed by atoms with E-state index in [1.165, 1.54) is 0 Å². The van der Waals surface area contributed by atoms with Gasteiger partial charge in [0.1, 0.15) is 23.7 Å². The van der Waals surface area contributed by atoms with E-state index in [-0.39, 0.29) is 13.2 Å². The number of halogens is 1. The van der Waals surface area contributed by atoms with Crippen LogP contribution < -0.4 is 14.8 Å². The highest BCUT2D eigenvalue weighted by Crippen LogP contribution is 2.27. The molecule has 0 heterocycles. The zero-order valence-electron chi connectivity index (χ0n) is 18.9. The van der Waals surface area contributed by atoms with Gasteiger partial charge in [-0.2, -0.15) is 0 Å². The lowest BCUT2D eigenvalue weighted by Crippen LogP contribution is -2.34. The summed E-state index contributed by atoms with van der Waals surface area (Å²) in [7, 11) is 0. The highest BCUT2D eigenvalue weighted by atomic mass is 79.9. The number of amides is 1. The number of benzene rings is 2. The molecule has 0 aromatic heterocycles. The standard InChI is InChI=1S/C24H30BrNO6/c1-5-29-22(27)21(31-18-9-7-6-8-10-18)16-17-11-12-20(19(25)15-17)30-14-13-26-23(28)32-24(2,3)4/h6-12,15,21H,5,13-14,16H2,1-4H3,(H,26,28). The average molecular weight is 508 g/mol. The summed E-state index contributed by atoms with van der Waals surface area (Å²) < 4.78 is 22.7. The molecular weight excluding hydrogens is 478 g/mol. The van der Waals surface area contributed by atoms with Crippen LogP contribution >= 0.6 is 15.9 Å². The van der Waals surface area contributed by atoms with E-state index in [2.05, 4.69) is 21.2 Å². The van der Waals surface area contributed by atoms with Crippen LogP contribution in [-0.4, -0.2) is 43.5 Å². The van der Waals surface area contributed by atoms with Gasteiger partial charge in [-0.05, 0) is 73.5 Å². The summed E-state index contributed by atoms with van der Waals surface area (Å²) in [6, 6.07) is 14.7. The third-order valence-electron chi connectivity index (χ3n) is 4.02. The molecule has 2 aromatic carbocycles. The third kappa shape index (κ3) is 9.18. The maximum absolute atomic E-state index is 12.4. The molecule has 2 aromatic rings. The number of hydrogen-bond donors (Lipinski definition) is 1. The highest BCUT2D eigenvalue weighted by molar-refractivity contribution is 9.10. The van der Waals surface area contributed by atoms with Crippen LogP contribution in [0.25, 0.3) is 0 Å². The van der Waals surface area contributed by atoms with Gasteiger partial charge in [0.05, 0.1) is 17.6 Å². The van der Waals surface area contributed by atoms with Gasteiger partial charge in [-0.15, -0.1) is 0 Å². The van der Waals surface area contributed by atoms with E-state index in [9.17, 15) is 9.59 Å². The lowest BCUT2D eigenvalue weighted by atomic mass is 10.1. The first-order chi connectivity index (χ1) is 15.2. The first-order valence-corrected chi connectivity index (χ1v) is 11.2. The number of nitrogens with one attached hydrogen (secondary N) is 1. The van der Waals surface area contributed by atoms with E-state index in [1.807, 2.05) is 30.3 Å². The number of hydrogen-bond acceptors (Lipinski definition) is 6. The molecule has 2 rings (SSSR count). The first-order valence-electron chi connectivity index (χ1n) is 10.4. The Bertz CT molecular complexity index is 882. The van der Waals surface area contributed by atoms with Crippen molar-refractivity contribution in [1.29, 1.82) is 0 Å². The third-order valence-corrected chi connectivity index (χ3v) is 4.64. The molecule has 0 fully saturated rings. The number of carbonyl (C=O) groups is 2. The second kappa shape index (κ2) is 12.3. The van der Waals surface area contributed by atoms with E-state index in [4.69, 9.17) is 18.9 Å². The summed E-state index contributed by atoms with van der Waals surface area (Å²) in [5.74, 6) is 0.805. The van der Waals surface area contributed by atoms with E-state index in [0.29, 0.717) is 24.5 Å². The fourth-order valence-electron chi connectivity index (χ4n) is 2.70. The number of alkyl carbamates (subject to hydrolysis) is 1. The average Bonchev–Trinajstić information content (AvgIpc) is 2.71. The van der Waals surface area contributed by atoms with Crippen molar-refractivity contribution in [3.05, 3.63) is 58.6 Å². The van der Waals surface area contributed by atoms with Gasteiger partial charge in [-0.25, -0.2) is 9.59 Å². The van der Waals surface area contributed by atoms with Crippen LogP contribution in [0.1, 0.15) is 33.3 Å². The lowest BCUT2D eigenvalue weighted by molar-refractivity contribution is -0.151. The number of para-hydroxylation sites is 1. The molecule has 0 saturated heterocycles. The molecular formula is C24H30BrNO6. The quantitative estimate of drug-likeness (QED) is 0.363. The molecule has 0 saturated carbocycles. The molecule has 0 bridgehead atoms. The summed E-state index contributed by atoms with van der Waals surface area (Å²) in [6.07, 6.45) is -0.916. The predicted octanol–water partition coefficient (Wildman–Crippen LogP) is 4.91. The minimum atomic E-state index is -0.769. The van der Waals surface area contributed by atoms with Crippen molar-refractivity contribution in [2.75, 3.05) is 19.8 Å². The first kappa shape index (κ1) is 25.5. The van der Waals surface area contributed by atoms with Crippen LogP contribution in [0.15, 0.2) is 53.0 Å². The van der Waals surface area contributed by atoms with Gasteiger partial charge in [-0.1, -0.05) is 24.3 Å². The van der Waals surface area contributed by atoms with Crippen molar-refractivity contribution in [2.45, 2.75) is 45.8 Å². The Morgan fingerprint density at radius 2 is 1.81 bits per heavy atom. The van der Waals surface area contributed by atoms with Crippen molar-refractivity contribution in [3.8, 4) is 11.5 Å². The Kier molecular flexibility index (Phi) is 9.84. The number of rotatable bonds is 10. The minimum absolute atomic E-state index is 0.278. The molecule has 174 valence electrons. The molecule has 1 unspecified atom stereocenters. The Morgan fingerprint density at radius 1 is 1.09 bits per heavy atom. The Labute approximate surface area is 197 Å². The second-order valence-corrected chi connectivity index (χ2v) is 8.77. The molecule has 0 spiro atoms. The fourth-order valence-corrected chi connectivity index (χ4v) is 3.24. The molecule has 1 atom stereocenters. The van der Waals surface area contributed by atoms with E-state index < -0.39 is 23.8 Å². The molecule has 0 radical (unpaired) electrons. The van der Waals surface area contributed by atoms with Crippen molar-refractivity contribution >= 4 is 28.0 Å². The normalized spacial score (nSPS) is 11.9. The lowest BCUT2D eigenvalue weighted by Gasteiger charge is -2.20. The molecule has 1 N–H and O–H groups in total. The fraction of sp³-hybridized carbons (Fsp3) is 0.417. The Balaban J connectivity index is 1.93. The number of carbonyl (C=O) groups excluding carboxylic acids is 2. The minimum Gasteiger partial charge on any atom is -0.491 e. The summed E-state index contributed by atoms with van der Waals surface area (Å²) in [5.41, 5.74) is 0.334. The smallest absolute Gasteiger partial charge is 0.407 e. The summed E-state index contributed by atoms with van der Waals surface area (Å²) in [5, 5.41) is 2.64. The predicted molar refractivity (Wildman–Crippen MR) is 125 cm³/mol. The summed E-state index contributed by atoms with van der Waals surface area (Å²) in [4.78, 5) is 24.1. The van der Waals surface area contributed by atoms with E-state index in [0.717, 1.165) is 10.0 Å². The largest absolute Gasteiger partial charge is 0.491 e. The van der Waals surface area contributed by atoms with Gasteiger partial charge in [-0.3, -0.25) is 0 Å². The maximum Gasteiger partial charge on any atom is 0.407 e. The van der Waals surface area contributed by atoms with Crippen LogP contribution in [0.3, 0.4) is 0 Å². The van der Waals surface area contributed by atoms with Crippen LogP contribution in [-0.2, 0) is 20.7 Å². The molecule has 0 aliphatic carbocycles. The summed E-state index contributed by atoms with van der Waals surface area (Å²) in [6.45, 7) is 8.04. The topological polar surface area (TPSA) is 83.1 Å². The van der Waals surface area contributed by atoms with Gasteiger partial charge in [0.15, 0.2) is 6.10 Å². The van der Waals surface area contributed by atoms with Gasteiger partial charge < -0.3 is 24.3 Å². The van der Waals surface area contributed by atoms with Gasteiger partial charge in [0.2, 0.25) is 0 Å². The zero-order chi connectivity index (χ0) is 23.6. The van der Waals surface area contributed by atoms with Gasteiger partial charge >= 0.3 is 12.1 Å². The Morgan fingerprint density at radius 3 is 2.44 bits per heavy atom. The highest BCUT2D eigenvalue weighted by Gasteiger charge is 2.23. The number of ether oxygens (including phenoxy) is 4. The molecule has 7 nitrogen and oxygen atoms in total. The number of esters is 1. The van der Waals surface area contributed by atoms with Gasteiger partial charge in [0.25, 0.3) is 0 Å². The SMILES string of the molecule is CCOC(=O)C(Cc1ccc(OCCNC(=O)OC(C)(C)C)c(Br)c1)Oc1ccccc1. The van der Waals surface area contributed by atoms with E-state index >= 15 is 0 Å². The monoisotopic (exact) mass is 507 g/mol. The van der Waals surface area contributed by atoms with Crippen molar-refractivity contribution < 1.29 is 28.5 Å². The van der Waals surface area contributed by atoms with Crippen molar-refractivity contribution in [1.82, 2.24) is 5.32 Å². The van der Waals surface area contributed by atoms with Gasteiger partial charge in [0, 0.05) is 6.42 Å². The molecule has 32 heavy (non-hydrogen) atoms. The molecule has 0 aliphatic rings. The van der Waals surface area contributed by atoms with Crippen LogP contribution in [0, 0.1) is 0 Å². The second-order valence-electron chi connectivity index (χ2n) is 7.92. The summed E-state index contributed by atoms with van der Waals surface area (Å²) >= 11 is 3.50. The maximum atomic E-state index is 12.4. The van der Waals surface area contributed by atoms with Crippen molar-refractivity contribution in [2.24, 2.45) is 0 Å². The molecule has 8 heteroatoms. The molecule has 0 aliphatic heterocycles. The Hall–Kier alpha value is -2.74.